The number of carboxylic acids is 1. The molecular weight excluding hydrogens is 260 g/mol. The average Bonchev–Trinajstić information content (AvgIpc) is 2.36. The van der Waals surface area contributed by atoms with Gasteiger partial charge in [0.1, 0.15) is 11.3 Å². The fourth-order valence-electron chi connectivity index (χ4n) is 2.36. The molecule has 2 amide bonds. The number of aromatic carboxylic acids is 1. The van der Waals surface area contributed by atoms with Crippen LogP contribution in [0.3, 0.4) is 0 Å². The summed E-state index contributed by atoms with van der Waals surface area (Å²) in [6.07, 6.45) is 3.91. The van der Waals surface area contributed by atoms with Gasteiger partial charge in [-0.05, 0) is 43.9 Å². The summed E-state index contributed by atoms with van der Waals surface area (Å²) in [5.74, 6) is -1.57. The summed E-state index contributed by atoms with van der Waals surface area (Å²) < 4.78 is 0. The Hall–Kier alpha value is -2.24. The fraction of sp³-hybridized carbons (Fsp3) is 0.429. The maximum Gasteiger partial charge on any atom is 0.339 e. The number of rotatable bonds is 4. The van der Waals surface area contributed by atoms with Gasteiger partial charge in [0.15, 0.2) is 0 Å². The summed E-state index contributed by atoms with van der Waals surface area (Å²) in [5, 5.41) is 23.8. The molecule has 0 atom stereocenters. The van der Waals surface area contributed by atoms with E-state index in [9.17, 15) is 14.7 Å². The van der Waals surface area contributed by atoms with E-state index < -0.39 is 5.97 Å². The number of benzene rings is 1. The lowest BCUT2D eigenvalue weighted by Gasteiger charge is -2.41. The van der Waals surface area contributed by atoms with Gasteiger partial charge in [-0.15, -0.1) is 0 Å². The molecule has 0 aromatic heterocycles. The largest absolute Gasteiger partial charge is 0.507 e. The van der Waals surface area contributed by atoms with E-state index in [1.165, 1.54) is 18.2 Å². The van der Waals surface area contributed by atoms with Crippen molar-refractivity contribution in [3.05, 3.63) is 23.8 Å². The normalized spacial score (nSPS) is 16.1. The maximum absolute atomic E-state index is 11.9. The highest BCUT2D eigenvalue weighted by Crippen LogP contribution is 2.34. The smallest absolute Gasteiger partial charge is 0.339 e. The molecule has 1 aromatic rings. The first-order chi connectivity index (χ1) is 9.46. The lowest BCUT2D eigenvalue weighted by atomic mass is 9.75. The Morgan fingerprint density at radius 1 is 1.35 bits per heavy atom. The summed E-state index contributed by atoms with van der Waals surface area (Å²) in [5.41, 5.74) is -0.0312. The summed E-state index contributed by atoms with van der Waals surface area (Å²) >= 11 is 0. The van der Waals surface area contributed by atoms with Gasteiger partial charge < -0.3 is 20.8 Å². The zero-order valence-corrected chi connectivity index (χ0v) is 11.3. The number of carbonyl (C=O) groups excluding carboxylic acids is 1. The van der Waals surface area contributed by atoms with Gasteiger partial charge in [0.25, 0.3) is 0 Å². The molecule has 0 heterocycles. The monoisotopic (exact) mass is 278 g/mol. The lowest BCUT2D eigenvalue weighted by Crippen LogP contribution is -2.54. The van der Waals surface area contributed by atoms with Crippen molar-refractivity contribution >= 4 is 17.7 Å². The Balaban J connectivity index is 2.04. The van der Waals surface area contributed by atoms with Crippen LogP contribution in [-0.4, -0.2) is 27.8 Å². The number of urea groups is 1. The van der Waals surface area contributed by atoms with Crippen LogP contribution in [0, 0.1) is 0 Å². The van der Waals surface area contributed by atoms with E-state index >= 15 is 0 Å². The summed E-state index contributed by atoms with van der Waals surface area (Å²) in [4.78, 5) is 22.8. The SMILES string of the molecule is CCC1(NC(=O)Nc2ccc(O)c(C(=O)O)c2)CCC1. The van der Waals surface area contributed by atoms with E-state index in [1.54, 1.807) is 0 Å². The number of phenols is 1. The summed E-state index contributed by atoms with van der Waals surface area (Å²) in [7, 11) is 0. The number of carbonyl (C=O) groups is 2. The topological polar surface area (TPSA) is 98.7 Å². The molecule has 4 N–H and O–H groups in total. The Morgan fingerprint density at radius 2 is 2.05 bits per heavy atom. The van der Waals surface area contributed by atoms with Crippen molar-refractivity contribution in [2.24, 2.45) is 0 Å². The maximum atomic E-state index is 11.9. The first-order valence-corrected chi connectivity index (χ1v) is 6.61. The Labute approximate surface area is 116 Å². The van der Waals surface area contributed by atoms with Crippen LogP contribution in [0.15, 0.2) is 18.2 Å². The van der Waals surface area contributed by atoms with Crippen LogP contribution in [0.4, 0.5) is 10.5 Å². The average molecular weight is 278 g/mol. The fourth-order valence-corrected chi connectivity index (χ4v) is 2.36. The molecule has 2 rings (SSSR count). The highest BCUT2D eigenvalue weighted by atomic mass is 16.4. The van der Waals surface area contributed by atoms with Gasteiger partial charge in [-0.3, -0.25) is 0 Å². The Bertz CT molecular complexity index is 532. The molecule has 6 nitrogen and oxygen atoms in total. The highest BCUT2D eigenvalue weighted by Gasteiger charge is 2.36. The number of anilines is 1. The van der Waals surface area contributed by atoms with Gasteiger partial charge in [0.2, 0.25) is 0 Å². The minimum atomic E-state index is -1.24. The minimum Gasteiger partial charge on any atom is -0.507 e. The third-order valence-corrected chi connectivity index (χ3v) is 3.85. The second-order valence-corrected chi connectivity index (χ2v) is 5.10. The van der Waals surface area contributed by atoms with Crippen LogP contribution in [0.5, 0.6) is 5.75 Å². The van der Waals surface area contributed by atoms with Crippen molar-refractivity contribution in [2.45, 2.75) is 38.1 Å². The molecule has 0 saturated heterocycles. The van der Waals surface area contributed by atoms with Crippen molar-refractivity contribution < 1.29 is 19.8 Å². The van der Waals surface area contributed by atoms with E-state index in [4.69, 9.17) is 5.11 Å². The Kier molecular flexibility index (Phi) is 3.83. The highest BCUT2D eigenvalue weighted by molar-refractivity contribution is 5.95. The molecule has 1 fully saturated rings. The number of nitrogens with one attached hydrogen (secondary N) is 2. The summed E-state index contributed by atoms with van der Waals surface area (Å²) in [6, 6.07) is 3.59. The van der Waals surface area contributed by atoms with E-state index in [2.05, 4.69) is 10.6 Å². The summed E-state index contributed by atoms with van der Waals surface area (Å²) in [6.45, 7) is 2.03. The molecular formula is C14H18N2O4. The molecule has 6 heteroatoms. The number of hydrogen-bond donors (Lipinski definition) is 4. The van der Waals surface area contributed by atoms with Crippen LogP contribution < -0.4 is 10.6 Å². The number of aromatic hydroxyl groups is 1. The predicted molar refractivity (Wildman–Crippen MR) is 74.1 cm³/mol. The van der Waals surface area contributed by atoms with Crippen molar-refractivity contribution in [3.8, 4) is 5.75 Å². The van der Waals surface area contributed by atoms with Crippen molar-refractivity contribution in [1.82, 2.24) is 5.32 Å². The van der Waals surface area contributed by atoms with Gasteiger partial charge in [0.05, 0.1) is 0 Å². The van der Waals surface area contributed by atoms with E-state index in [0.717, 1.165) is 25.7 Å². The molecule has 0 bridgehead atoms. The molecule has 0 spiro atoms. The lowest BCUT2D eigenvalue weighted by molar-refractivity contribution is 0.0693. The molecule has 0 aliphatic heterocycles. The van der Waals surface area contributed by atoms with Crippen molar-refractivity contribution in [1.29, 1.82) is 0 Å². The molecule has 0 unspecified atom stereocenters. The van der Waals surface area contributed by atoms with Gasteiger partial charge in [-0.25, -0.2) is 9.59 Å². The van der Waals surface area contributed by atoms with Crippen molar-refractivity contribution in [3.63, 3.8) is 0 Å². The van der Waals surface area contributed by atoms with Crippen LogP contribution in [0.25, 0.3) is 0 Å². The molecule has 1 aliphatic carbocycles. The van der Waals surface area contributed by atoms with E-state index in [0.29, 0.717) is 5.69 Å². The number of hydrogen-bond acceptors (Lipinski definition) is 3. The van der Waals surface area contributed by atoms with Crippen LogP contribution in [0.1, 0.15) is 43.0 Å². The number of amides is 2. The van der Waals surface area contributed by atoms with Gasteiger partial charge in [0, 0.05) is 11.2 Å². The molecule has 20 heavy (non-hydrogen) atoms. The predicted octanol–water partition coefficient (Wildman–Crippen LogP) is 2.54. The van der Waals surface area contributed by atoms with Gasteiger partial charge >= 0.3 is 12.0 Å². The molecule has 0 radical (unpaired) electrons. The van der Waals surface area contributed by atoms with Crippen molar-refractivity contribution in [2.75, 3.05) is 5.32 Å². The van der Waals surface area contributed by atoms with Crippen LogP contribution in [0.2, 0.25) is 0 Å². The quantitative estimate of drug-likeness (QED) is 0.636. The zero-order valence-electron chi connectivity index (χ0n) is 11.3. The second kappa shape index (κ2) is 5.40. The number of carboxylic acid groups (broad SMARTS) is 1. The standard InChI is InChI=1S/C14H18N2O4/c1-2-14(6-3-7-14)16-13(20)15-9-4-5-11(17)10(8-9)12(18)19/h4-5,8,17H,2-3,6-7H2,1H3,(H,18,19)(H2,15,16,20). The zero-order chi connectivity index (χ0) is 14.8. The first kappa shape index (κ1) is 14.2. The second-order valence-electron chi connectivity index (χ2n) is 5.10. The van der Waals surface area contributed by atoms with E-state index in [1.807, 2.05) is 6.92 Å². The molecule has 1 aliphatic rings. The minimum absolute atomic E-state index is 0.128. The van der Waals surface area contributed by atoms with Gasteiger partial charge in [-0.2, -0.15) is 0 Å². The molecule has 108 valence electrons. The third-order valence-electron chi connectivity index (χ3n) is 3.85. The molecule has 1 aromatic carbocycles. The Morgan fingerprint density at radius 3 is 2.55 bits per heavy atom. The van der Waals surface area contributed by atoms with Crippen LogP contribution >= 0.6 is 0 Å². The molecule has 1 saturated carbocycles. The van der Waals surface area contributed by atoms with Gasteiger partial charge in [-0.1, -0.05) is 6.92 Å². The first-order valence-electron chi connectivity index (χ1n) is 6.61. The van der Waals surface area contributed by atoms with E-state index in [-0.39, 0.29) is 22.9 Å². The third kappa shape index (κ3) is 2.84. The van der Waals surface area contributed by atoms with Crippen LogP contribution in [-0.2, 0) is 0 Å².